The van der Waals surface area contributed by atoms with E-state index in [0.29, 0.717) is 5.41 Å². The van der Waals surface area contributed by atoms with E-state index in [2.05, 4.69) is 33.0 Å². The highest BCUT2D eigenvalue weighted by molar-refractivity contribution is 4.82. The Morgan fingerprint density at radius 3 is 2.44 bits per heavy atom. The van der Waals surface area contributed by atoms with Crippen LogP contribution in [0.3, 0.4) is 0 Å². The van der Waals surface area contributed by atoms with Crippen LogP contribution in [0, 0.1) is 17.3 Å². The summed E-state index contributed by atoms with van der Waals surface area (Å²) in [6, 6.07) is 0. The van der Waals surface area contributed by atoms with E-state index in [1.165, 1.54) is 19.3 Å². The third-order valence-electron chi connectivity index (χ3n) is 3.81. The number of nitrogens with one attached hydrogen (secondary N) is 1. The van der Waals surface area contributed by atoms with Gasteiger partial charge in [0.1, 0.15) is 0 Å². The maximum atomic E-state index is 5.43. The lowest BCUT2D eigenvalue weighted by Gasteiger charge is -2.37. The molecule has 16 heavy (non-hydrogen) atoms. The molecule has 0 aromatic carbocycles. The third kappa shape index (κ3) is 4.84. The molecule has 1 aliphatic rings. The summed E-state index contributed by atoms with van der Waals surface area (Å²) in [7, 11) is 0. The summed E-state index contributed by atoms with van der Waals surface area (Å²) in [5.41, 5.74) is 0.417. The van der Waals surface area contributed by atoms with Crippen LogP contribution in [0.2, 0.25) is 0 Å². The highest BCUT2D eigenvalue weighted by Gasteiger charge is 2.30. The summed E-state index contributed by atoms with van der Waals surface area (Å²) in [5, 5.41) is 3.61. The summed E-state index contributed by atoms with van der Waals surface area (Å²) in [4.78, 5) is 0. The van der Waals surface area contributed by atoms with Crippen LogP contribution in [-0.4, -0.2) is 26.3 Å². The molecular weight excluding hydrogens is 198 g/mol. The van der Waals surface area contributed by atoms with Crippen LogP contribution in [0.15, 0.2) is 0 Å². The van der Waals surface area contributed by atoms with Crippen molar-refractivity contribution in [3.8, 4) is 0 Å². The predicted octanol–water partition coefficient (Wildman–Crippen LogP) is 3.07. The van der Waals surface area contributed by atoms with Crippen molar-refractivity contribution in [1.82, 2.24) is 5.32 Å². The second-order valence-corrected chi connectivity index (χ2v) is 6.23. The van der Waals surface area contributed by atoms with Crippen molar-refractivity contribution in [1.29, 1.82) is 0 Å². The van der Waals surface area contributed by atoms with Crippen molar-refractivity contribution in [2.24, 2.45) is 17.3 Å². The van der Waals surface area contributed by atoms with Crippen LogP contribution in [0.4, 0.5) is 0 Å². The van der Waals surface area contributed by atoms with Gasteiger partial charge in [-0.2, -0.15) is 0 Å². The molecule has 0 bridgehead atoms. The van der Waals surface area contributed by atoms with Crippen LogP contribution >= 0.6 is 0 Å². The van der Waals surface area contributed by atoms with Crippen LogP contribution in [0.1, 0.15) is 47.0 Å². The van der Waals surface area contributed by atoms with Gasteiger partial charge < -0.3 is 10.1 Å². The van der Waals surface area contributed by atoms with Gasteiger partial charge in [0.05, 0.1) is 0 Å². The minimum absolute atomic E-state index is 0.417. The number of rotatable bonds is 6. The fraction of sp³-hybridized carbons (Fsp3) is 1.00. The molecule has 2 heteroatoms. The third-order valence-corrected chi connectivity index (χ3v) is 3.81. The average Bonchev–Trinajstić information content (AvgIpc) is 2.26. The van der Waals surface area contributed by atoms with Crippen molar-refractivity contribution in [3.63, 3.8) is 0 Å². The zero-order valence-electron chi connectivity index (χ0n) is 11.5. The van der Waals surface area contributed by atoms with Crippen molar-refractivity contribution < 1.29 is 4.74 Å². The fourth-order valence-corrected chi connectivity index (χ4v) is 2.42. The van der Waals surface area contributed by atoms with E-state index in [9.17, 15) is 0 Å². The maximum absolute atomic E-state index is 5.43. The summed E-state index contributed by atoms with van der Waals surface area (Å²) < 4.78 is 5.43. The predicted molar refractivity (Wildman–Crippen MR) is 69.6 cm³/mol. The molecule has 0 saturated carbocycles. The molecule has 1 N–H and O–H groups in total. The molecular formula is C14H29NO. The molecule has 0 radical (unpaired) electrons. The van der Waals surface area contributed by atoms with Gasteiger partial charge >= 0.3 is 0 Å². The smallest absolute Gasteiger partial charge is 0.0468 e. The second kappa shape index (κ2) is 6.61. The van der Waals surface area contributed by atoms with Crippen LogP contribution in [0.25, 0.3) is 0 Å². The highest BCUT2D eigenvalue weighted by Crippen LogP contribution is 2.33. The average molecular weight is 227 g/mol. The van der Waals surface area contributed by atoms with Gasteiger partial charge in [0, 0.05) is 19.8 Å². The summed E-state index contributed by atoms with van der Waals surface area (Å²) in [6.45, 7) is 13.6. The molecule has 96 valence electrons. The van der Waals surface area contributed by atoms with Gasteiger partial charge in [0.25, 0.3) is 0 Å². The first-order valence-corrected chi connectivity index (χ1v) is 6.81. The zero-order valence-corrected chi connectivity index (χ0v) is 11.5. The molecule has 0 aromatic heterocycles. The molecule has 0 unspecified atom stereocenters. The number of hydrogen-bond acceptors (Lipinski definition) is 2. The van der Waals surface area contributed by atoms with Crippen LogP contribution in [-0.2, 0) is 4.74 Å². The number of hydrogen-bond donors (Lipinski definition) is 1. The van der Waals surface area contributed by atoms with Crippen molar-refractivity contribution in [2.75, 3.05) is 26.3 Å². The number of ether oxygens (including phenoxy) is 1. The standard InChI is InChI=1S/C14H29NO/c1-12(2)5-8-15-11-14(3,4)13-6-9-16-10-7-13/h12-13,15H,5-11H2,1-4H3. The SMILES string of the molecule is CC(C)CCNCC(C)(C)C1CCOCC1. The molecule has 0 amide bonds. The minimum atomic E-state index is 0.417. The summed E-state index contributed by atoms with van der Waals surface area (Å²) >= 11 is 0. The van der Waals surface area contributed by atoms with E-state index < -0.39 is 0 Å². The Kier molecular flexibility index (Phi) is 5.77. The van der Waals surface area contributed by atoms with E-state index in [1.54, 1.807) is 0 Å². The first-order valence-electron chi connectivity index (χ1n) is 6.81. The summed E-state index contributed by atoms with van der Waals surface area (Å²) in [6.07, 6.45) is 3.75. The lowest BCUT2D eigenvalue weighted by atomic mass is 9.74. The molecule has 0 atom stereocenters. The Labute approximate surface area is 101 Å². The maximum Gasteiger partial charge on any atom is 0.0468 e. The van der Waals surface area contributed by atoms with Gasteiger partial charge in [-0.05, 0) is 43.1 Å². The van der Waals surface area contributed by atoms with Gasteiger partial charge in [-0.1, -0.05) is 27.7 Å². The lowest BCUT2D eigenvalue weighted by molar-refractivity contribution is 0.0228. The minimum Gasteiger partial charge on any atom is -0.381 e. The molecule has 1 aliphatic heterocycles. The van der Waals surface area contributed by atoms with E-state index in [4.69, 9.17) is 4.74 Å². The Morgan fingerprint density at radius 1 is 1.25 bits per heavy atom. The Bertz CT molecular complexity index is 183. The van der Waals surface area contributed by atoms with Crippen molar-refractivity contribution >= 4 is 0 Å². The van der Waals surface area contributed by atoms with Crippen LogP contribution < -0.4 is 5.32 Å². The van der Waals surface area contributed by atoms with E-state index in [-0.39, 0.29) is 0 Å². The molecule has 1 saturated heterocycles. The molecule has 1 fully saturated rings. The van der Waals surface area contributed by atoms with E-state index >= 15 is 0 Å². The van der Waals surface area contributed by atoms with Crippen molar-refractivity contribution in [2.45, 2.75) is 47.0 Å². The first kappa shape index (κ1) is 14.0. The monoisotopic (exact) mass is 227 g/mol. The van der Waals surface area contributed by atoms with Gasteiger partial charge in [0.2, 0.25) is 0 Å². The lowest BCUT2D eigenvalue weighted by Crippen LogP contribution is -2.38. The fourth-order valence-electron chi connectivity index (χ4n) is 2.42. The molecule has 0 aromatic rings. The largest absolute Gasteiger partial charge is 0.381 e. The summed E-state index contributed by atoms with van der Waals surface area (Å²) in [5.74, 6) is 1.63. The Balaban J connectivity index is 2.21. The molecule has 0 aliphatic carbocycles. The van der Waals surface area contributed by atoms with Gasteiger partial charge in [-0.3, -0.25) is 0 Å². The second-order valence-electron chi connectivity index (χ2n) is 6.23. The Hall–Kier alpha value is -0.0800. The molecule has 2 nitrogen and oxygen atoms in total. The first-order chi connectivity index (χ1) is 7.52. The topological polar surface area (TPSA) is 21.3 Å². The molecule has 1 heterocycles. The highest BCUT2D eigenvalue weighted by atomic mass is 16.5. The zero-order chi connectivity index (χ0) is 12.0. The quantitative estimate of drug-likeness (QED) is 0.704. The van der Waals surface area contributed by atoms with Gasteiger partial charge in [-0.15, -0.1) is 0 Å². The van der Waals surface area contributed by atoms with E-state index in [1.807, 2.05) is 0 Å². The Morgan fingerprint density at radius 2 is 1.88 bits per heavy atom. The van der Waals surface area contributed by atoms with Gasteiger partial charge in [0.15, 0.2) is 0 Å². The van der Waals surface area contributed by atoms with E-state index in [0.717, 1.165) is 38.1 Å². The van der Waals surface area contributed by atoms with Gasteiger partial charge in [-0.25, -0.2) is 0 Å². The normalized spacial score (nSPS) is 19.3. The molecule has 0 spiro atoms. The molecule has 1 rings (SSSR count). The van der Waals surface area contributed by atoms with Crippen LogP contribution in [0.5, 0.6) is 0 Å². The van der Waals surface area contributed by atoms with Crippen molar-refractivity contribution in [3.05, 3.63) is 0 Å².